The molecule has 0 aliphatic carbocycles. The molecule has 0 unspecified atom stereocenters. The molecule has 6 rings (SSSR count). The Morgan fingerprint density at radius 1 is 1.06 bits per heavy atom. The third-order valence-electron chi connectivity index (χ3n) is 6.20. The van der Waals surface area contributed by atoms with Crippen molar-refractivity contribution in [2.24, 2.45) is 0 Å². The maximum Gasteiger partial charge on any atom is 0.298 e. The standard InChI is InChI=1S/C23H25N7O3S/c31-21(18-14-34-22(27-18)15-12-24-25-13-15)26-16-11-20-17(10-19(16)29-4-2-1-3-5-29)28-23(33-20)30-6-8-32-9-7-30/h10-14H,1-9H2,(H,24,25)(H,26,31). The van der Waals surface area contributed by atoms with E-state index in [1.807, 2.05) is 12.1 Å². The van der Waals surface area contributed by atoms with Crippen LogP contribution in [0.15, 0.2) is 34.3 Å². The molecule has 5 heterocycles. The highest BCUT2D eigenvalue weighted by Crippen LogP contribution is 2.35. The van der Waals surface area contributed by atoms with E-state index in [0.717, 1.165) is 60.8 Å². The summed E-state index contributed by atoms with van der Waals surface area (Å²) < 4.78 is 11.5. The molecule has 3 aromatic heterocycles. The largest absolute Gasteiger partial charge is 0.423 e. The van der Waals surface area contributed by atoms with Crippen LogP contribution in [0.2, 0.25) is 0 Å². The zero-order valence-corrected chi connectivity index (χ0v) is 19.4. The average Bonchev–Trinajstić information content (AvgIpc) is 3.65. The lowest BCUT2D eigenvalue weighted by Crippen LogP contribution is -2.36. The van der Waals surface area contributed by atoms with Gasteiger partial charge in [-0.2, -0.15) is 10.1 Å². The maximum absolute atomic E-state index is 13.1. The van der Waals surface area contributed by atoms with Crippen LogP contribution in [0.4, 0.5) is 17.4 Å². The molecule has 1 aromatic carbocycles. The number of aromatic amines is 1. The van der Waals surface area contributed by atoms with Gasteiger partial charge in [0.2, 0.25) is 0 Å². The topological polar surface area (TPSA) is 112 Å². The van der Waals surface area contributed by atoms with Gasteiger partial charge in [-0.3, -0.25) is 9.89 Å². The van der Waals surface area contributed by atoms with E-state index >= 15 is 0 Å². The van der Waals surface area contributed by atoms with Crippen molar-refractivity contribution in [3.63, 3.8) is 0 Å². The summed E-state index contributed by atoms with van der Waals surface area (Å²) in [4.78, 5) is 26.8. The zero-order chi connectivity index (χ0) is 22.9. The predicted octanol–water partition coefficient (Wildman–Crippen LogP) is 3.75. The Kier molecular flexibility index (Phi) is 5.63. The normalized spacial score (nSPS) is 16.8. The zero-order valence-electron chi connectivity index (χ0n) is 18.6. The van der Waals surface area contributed by atoms with E-state index in [1.165, 1.54) is 17.8 Å². The van der Waals surface area contributed by atoms with Crippen molar-refractivity contribution in [2.45, 2.75) is 19.3 Å². The highest BCUT2D eigenvalue weighted by molar-refractivity contribution is 7.13. The smallest absolute Gasteiger partial charge is 0.298 e. The number of oxazole rings is 1. The number of H-pyrrole nitrogens is 1. The molecule has 2 saturated heterocycles. The number of benzene rings is 1. The lowest BCUT2D eigenvalue weighted by atomic mass is 10.1. The number of hydrogen-bond donors (Lipinski definition) is 2. The Balaban J connectivity index is 1.32. The third kappa shape index (κ3) is 4.12. The summed E-state index contributed by atoms with van der Waals surface area (Å²) in [5, 5.41) is 12.3. The number of nitrogens with one attached hydrogen (secondary N) is 2. The highest BCUT2D eigenvalue weighted by atomic mass is 32.1. The molecule has 2 aliphatic rings. The number of carbonyl (C=O) groups excluding carboxylic acids is 1. The molecule has 10 nitrogen and oxygen atoms in total. The molecule has 4 aromatic rings. The van der Waals surface area contributed by atoms with Crippen LogP contribution in [-0.2, 0) is 4.74 Å². The van der Waals surface area contributed by atoms with Gasteiger partial charge in [-0.05, 0) is 25.3 Å². The molecule has 2 aliphatic heterocycles. The quantitative estimate of drug-likeness (QED) is 0.445. The number of rotatable bonds is 5. The van der Waals surface area contributed by atoms with E-state index in [4.69, 9.17) is 14.1 Å². The minimum Gasteiger partial charge on any atom is -0.423 e. The first-order valence-corrected chi connectivity index (χ1v) is 12.4. The van der Waals surface area contributed by atoms with Crippen molar-refractivity contribution < 1.29 is 13.9 Å². The van der Waals surface area contributed by atoms with E-state index in [0.29, 0.717) is 36.2 Å². The van der Waals surface area contributed by atoms with Crippen LogP contribution in [0, 0.1) is 0 Å². The molecule has 0 atom stereocenters. The summed E-state index contributed by atoms with van der Waals surface area (Å²) in [6.45, 7) is 4.71. The molecule has 0 bridgehead atoms. The van der Waals surface area contributed by atoms with Gasteiger partial charge in [-0.25, -0.2) is 4.98 Å². The molecule has 176 valence electrons. The number of piperidine rings is 1. The number of amides is 1. The van der Waals surface area contributed by atoms with Gasteiger partial charge in [0.15, 0.2) is 5.58 Å². The SMILES string of the molecule is O=C(Nc1cc2oc(N3CCOCC3)nc2cc1N1CCCCC1)c1csc(-c2cn[nH]c2)n1. The number of anilines is 3. The molecular formula is C23H25N7O3S. The van der Waals surface area contributed by atoms with Gasteiger partial charge in [0.1, 0.15) is 16.2 Å². The monoisotopic (exact) mass is 479 g/mol. The van der Waals surface area contributed by atoms with Crippen molar-refractivity contribution in [1.29, 1.82) is 0 Å². The predicted molar refractivity (Wildman–Crippen MR) is 131 cm³/mol. The van der Waals surface area contributed by atoms with Crippen molar-refractivity contribution >= 4 is 45.7 Å². The number of ether oxygens (including phenoxy) is 1. The minimum atomic E-state index is -0.253. The number of thiazole rings is 1. The number of aromatic nitrogens is 4. The van der Waals surface area contributed by atoms with Crippen LogP contribution in [0.3, 0.4) is 0 Å². The second-order valence-corrected chi connectivity index (χ2v) is 9.32. The van der Waals surface area contributed by atoms with Gasteiger partial charge < -0.3 is 24.3 Å². The van der Waals surface area contributed by atoms with Gasteiger partial charge in [-0.1, -0.05) is 0 Å². The number of hydrogen-bond acceptors (Lipinski definition) is 9. The second kappa shape index (κ2) is 9.07. The van der Waals surface area contributed by atoms with Crippen molar-refractivity contribution in [1.82, 2.24) is 20.2 Å². The Bertz CT molecular complexity index is 1290. The molecule has 2 fully saturated rings. The van der Waals surface area contributed by atoms with Gasteiger partial charge in [-0.15, -0.1) is 11.3 Å². The van der Waals surface area contributed by atoms with Gasteiger partial charge in [0.25, 0.3) is 11.9 Å². The molecule has 0 spiro atoms. The maximum atomic E-state index is 13.1. The summed E-state index contributed by atoms with van der Waals surface area (Å²) in [5.41, 5.74) is 4.34. The third-order valence-corrected chi connectivity index (χ3v) is 7.09. The first-order valence-electron chi connectivity index (χ1n) is 11.5. The summed E-state index contributed by atoms with van der Waals surface area (Å²) in [6, 6.07) is 4.51. The van der Waals surface area contributed by atoms with Crippen molar-refractivity contribution in [3.8, 4) is 10.6 Å². The van der Waals surface area contributed by atoms with Crippen LogP contribution in [0.25, 0.3) is 21.7 Å². The fourth-order valence-corrected chi connectivity index (χ4v) is 5.18. The van der Waals surface area contributed by atoms with Crippen molar-refractivity contribution in [3.05, 3.63) is 35.6 Å². The highest BCUT2D eigenvalue weighted by Gasteiger charge is 2.23. The fourth-order valence-electron chi connectivity index (χ4n) is 4.40. The van der Waals surface area contributed by atoms with Crippen molar-refractivity contribution in [2.75, 3.05) is 54.5 Å². The Morgan fingerprint density at radius 3 is 2.71 bits per heavy atom. The van der Waals surface area contributed by atoms with E-state index in [2.05, 4.69) is 30.3 Å². The van der Waals surface area contributed by atoms with Gasteiger partial charge in [0, 0.05) is 49.4 Å². The molecule has 2 N–H and O–H groups in total. The first-order chi connectivity index (χ1) is 16.7. The molecule has 0 saturated carbocycles. The van der Waals surface area contributed by atoms with E-state index in [9.17, 15) is 4.79 Å². The summed E-state index contributed by atoms with van der Waals surface area (Å²) in [6.07, 6.45) is 6.94. The summed E-state index contributed by atoms with van der Waals surface area (Å²) in [5.74, 6) is -0.253. The number of carbonyl (C=O) groups is 1. The Hall–Kier alpha value is -3.44. The van der Waals surface area contributed by atoms with E-state index < -0.39 is 0 Å². The molecule has 0 radical (unpaired) electrons. The van der Waals surface area contributed by atoms with Crippen LogP contribution in [-0.4, -0.2) is 65.5 Å². The number of morpholine rings is 1. The molecule has 11 heteroatoms. The minimum absolute atomic E-state index is 0.253. The first kappa shape index (κ1) is 21.1. The fraction of sp³-hybridized carbons (Fsp3) is 0.391. The lowest BCUT2D eigenvalue weighted by Gasteiger charge is -2.30. The molecular weight excluding hydrogens is 454 g/mol. The van der Waals surface area contributed by atoms with Gasteiger partial charge in [0.05, 0.1) is 30.8 Å². The van der Waals surface area contributed by atoms with E-state index in [1.54, 1.807) is 17.8 Å². The van der Waals surface area contributed by atoms with Gasteiger partial charge >= 0.3 is 0 Å². The average molecular weight is 480 g/mol. The number of fused-ring (bicyclic) bond motifs is 1. The van der Waals surface area contributed by atoms with Crippen LogP contribution in [0.5, 0.6) is 0 Å². The van der Waals surface area contributed by atoms with Crippen LogP contribution in [0.1, 0.15) is 29.8 Å². The summed E-state index contributed by atoms with van der Waals surface area (Å²) in [7, 11) is 0. The lowest BCUT2D eigenvalue weighted by molar-refractivity contribution is 0.102. The Morgan fingerprint density at radius 2 is 1.91 bits per heavy atom. The van der Waals surface area contributed by atoms with Crippen LogP contribution < -0.4 is 15.1 Å². The van der Waals surface area contributed by atoms with E-state index in [-0.39, 0.29) is 5.91 Å². The summed E-state index contributed by atoms with van der Waals surface area (Å²) >= 11 is 1.41. The molecule has 1 amide bonds. The van der Waals surface area contributed by atoms with Crippen LogP contribution >= 0.6 is 11.3 Å². The Labute approximate surface area is 199 Å². The second-order valence-electron chi connectivity index (χ2n) is 8.46. The number of nitrogens with zero attached hydrogens (tertiary/aromatic N) is 5. The molecule has 34 heavy (non-hydrogen) atoms.